The molecule has 0 unspecified atom stereocenters. The minimum Gasteiger partial charge on any atom is -0.497 e. The number of aryl methyl sites for hydroxylation is 1. The summed E-state index contributed by atoms with van der Waals surface area (Å²) in [5.74, 6) is 2.03. The number of fused-ring (bicyclic) bond motifs is 3. The predicted molar refractivity (Wildman–Crippen MR) is 121 cm³/mol. The van der Waals surface area contributed by atoms with Crippen LogP contribution in [0.1, 0.15) is 47.7 Å². The van der Waals surface area contributed by atoms with Crippen LogP contribution in [0.15, 0.2) is 54.0 Å². The molecule has 0 saturated heterocycles. The van der Waals surface area contributed by atoms with Crippen molar-refractivity contribution in [1.82, 2.24) is 20.1 Å². The third kappa shape index (κ3) is 3.86. The molecule has 0 radical (unpaired) electrons. The lowest BCUT2D eigenvalue weighted by Gasteiger charge is -2.14. The Hall–Kier alpha value is -3.74. The van der Waals surface area contributed by atoms with Gasteiger partial charge in [-0.25, -0.2) is 0 Å². The van der Waals surface area contributed by atoms with Gasteiger partial charge in [0.25, 0.3) is 0 Å². The van der Waals surface area contributed by atoms with Gasteiger partial charge >= 0.3 is 0 Å². The van der Waals surface area contributed by atoms with Gasteiger partial charge in [0.05, 0.1) is 24.9 Å². The molecule has 0 aliphatic carbocycles. The van der Waals surface area contributed by atoms with Gasteiger partial charge in [-0.05, 0) is 37.6 Å². The van der Waals surface area contributed by atoms with Crippen LogP contribution in [0.25, 0.3) is 11.8 Å². The molecule has 4 rings (SSSR count). The van der Waals surface area contributed by atoms with Gasteiger partial charge in [-0.1, -0.05) is 36.9 Å². The molecular formula is C24H25N5O2. The highest BCUT2D eigenvalue weighted by atomic mass is 16.5. The quantitative estimate of drug-likeness (QED) is 0.666. The summed E-state index contributed by atoms with van der Waals surface area (Å²) < 4.78 is 7.47. The number of methoxy groups -OCH3 is 1. The van der Waals surface area contributed by atoms with Crippen LogP contribution in [-0.4, -0.2) is 40.0 Å². The van der Waals surface area contributed by atoms with Crippen LogP contribution < -0.4 is 10.1 Å². The number of aromatic nitrogens is 3. The molecule has 0 spiro atoms. The number of hydrogen-bond donors (Lipinski definition) is 1. The maximum atomic E-state index is 12.5. The number of carbonyl (C=O) groups excluding carboxylic acids is 1. The zero-order chi connectivity index (χ0) is 22.0. The second-order valence-corrected chi connectivity index (χ2v) is 7.30. The molecular weight excluding hydrogens is 390 g/mol. The summed E-state index contributed by atoms with van der Waals surface area (Å²) in [6, 6.07) is 13.4. The fraction of sp³-hybridized carbons (Fsp3) is 0.250. The van der Waals surface area contributed by atoms with E-state index in [0.29, 0.717) is 12.4 Å². The number of nitrogens with one attached hydrogen (secondary N) is 1. The lowest BCUT2D eigenvalue weighted by Crippen LogP contribution is -2.25. The summed E-state index contributed by atoms with van der Waals surface area (Å²) in [4.78, 5) is 17.5. The summed E-state index contributed by atoms with van der Waals surface area (Å²) >= 11 is 0. The van der Waals surface area contributed by atoms with Gasteiger partial charge in [-0.15, -0.1) is 10.2 Å². The summed E-state index contributed by atoms with van der Waals surface area (Å²) in [5, 5.41) is 11.5. The Morgan fingerprint density at radius 1 is 1.23 bits per heavy atom. The smallest absolute Gasteiger partial charge is 0.222 e. The fourth-order valence-electron chi connectivity index (χ4n) is 3.79. The Kier molecular flexibility index (Phi) is 5.66. The molecule has 31 heavy (non-hydrogen) atoms. The Morgan fingerprint density at radius 3 is 2.68 bits per heavy atom. The van der Waals surface area contributed by atoms with Gasteiger partial charge in [-0.3, -0.25) is 14.4 Å². The first-order valence-corrected chi connectivity index (χ1v) is 10.2. The average molecular weight is 415 g/mol. The highest BCUT2D eigenvalue weighted by Gasteiger charge is 2.29. The highest BCUT2D eigenvalue weighted by molar-refractivity contribution is 6.15. The van der Waals surface area contributed by atoms with E-state index in [0.717, 1.165) is 39.7 Å². The van der Waals surface area contributed by atoms with E-state index in [9.17, 15) is 4.79 Å². The summed E-state index contributed by atoms with van der Waals surface area (Å²) in [6.07, 6.45) is 1.99. The Bertz CT molecular complexity index is 1160. The Morgan fingerprint density at radius 2 is 2.00 bits per heavy atom. The van der Waals surface area contributed by atoms with Crippen molar-refractivity contribution in [2.45, 2.75) is 26.3 Å². The topological polar surface area (TPSA) is 81.4 Å². The van der Waals surface area contributed by atoms with Crippen molar-refractivity contribution in [3.63, 3.8) is 0 Å². The van der Waals surface area contributed by atoms with Crippen LogP contribution in [0.2, 0.25) is 0 Å². The number of amides is 1. The molecule has 158 valence electrons. The largest absolute Gasteiger partial charge is 0.497 e. The van der Waals surface area contributed by atoms with Crippen molar-refractivity contribution in [2.75, 3.05) is 13.7 Å². The van der Waals surface area contributed by atoms with E-state index in [1.54, 1.807) is 13.2 Å². The minimum absolute atomic E-state index is 0.0756. The molecule has 0 fully saturated rings. The number of rotatable bonds is 6. The summed E-state index contributed by atoms with van der Waals surface area (Å²) in [7, 11) is 1.64. The fourth-order valence-corrected chi connectivity index (χ4v) is 3.79. The highest BCUT2D eigenvalue weighted by Crippen LogP contribution is 2.34. The van der Waals surface area contributed by atoms with Gasteiger partial charge in [0.15, 0.2) is 5.82 Å². The Balaban J connectivity index is 1.95. The zero-order valence-electron chi connectivity index (χ0n) is 17.9. The lowest BCUT2D eigenvalue weighted by molar-refractivity contribution is -0.121. The molecule has 1 atom stereocenters. The van der Waals surface area contributed by atoms with E-state index >= 15 is 0 Å². The van der Waals surface area contributed by atoms with Crippen molar-refractivity contribution in [3.05, 3.63) is 77.4 Å². The molecule has 1 N–H and O–H groups in total. The standard InChI is InChI=1S/C24H25N5O2/c1-5-16-7-9-17(10-8-16)23-19-13-18(31-4)11-12-21(19)29-15(3)27-28-24(29)20(26-23)14-22(30)25-6-2/h5,7-13,20H,1,6,14H2,2-4H3,(H,25,30)/t20-/m0/s1. The van der Waals surface area contributed by atoms with Crippen molar-refractivity contribution >= 4 is 17.7 Å². The van der Waals surface area contributed by atoms with Crippen LogP contribution in [0, 0.1) is 6.92 Å². The Labute approximate surface area is 181 Å². The summed E-state index contributed by atoms with van der Waals surface area (Å²) in [5.41, 5.74) is 4.55. The van der Waals surface area contributed by atoms with Crippen LogP contribution >= 0.6 is 0 Å². The van der Waals surface area contributed by atoms with Crippen LogP contribution in [-0.2, 0) is 4.79 Å². The van der Waals surface area contributed by atoms with E-state index in [-0.39, 0.29) is 12.3 Å². The van der Waals surface area contributed by atoms with Crippen molar-refractivity contribution in [1.29, 1.82) is 0 Å². The second-order valence-electron chi connectivity index (χ2n) is 7.30. The van der Waals surface area contributed by atoms with E-state index in [1.165, 1.54) is 0 Å². The number of aliphatic imine (C=N–C) groups is 1. The van der Waals surface area contributed by atoms with Crippen LogP contribution in [0.4, 0.5) is 0 Å². The van der Waals surface area contributed by atoms with E-state index in [4.69, 9.17) is 9.73 Å². The monoisotopic (exact) mass is 415 g/mol. The van der Waals surface area contributed by atoms with Gasteiger partial charge in [0.2, 0.25) is 5.91 Å². The zero-order valence-corrected chi connectivity index (χ0v) is 17.9. The van der Waals surface area contributed by atoms with E-state index in [2.05, 4.69) is 22.1 Å². The summed E-state index contributed by atoms with van der Waals surface area (Å²) in [6.45, 7) is 8.19. The molecule has 1 amide bonds. The first-order chi connectivity index (χ1) is 15.0. The molecule has 1 aliphatic rings. The van der Waals surface area contributed by atoms with Gasteiger partial charge in [0, 0.05) is 17.7 Å². The van der Waals surface area contributed by atoms with E-state index < -0.39 is 6.04 Å². The number of carbonyl (C=O) groups is 1. The van der Waals surface area contributed by atoms with Gasteiger partial charge in [-0.2, -0.15) is 0 Å². The first kappa shape index (κ1) is 20.5. The molecule has 0 saturated carbocycles. The lowest BCUT2D eigenvalue weighted by atomic mass is 9.99. The minimum atomic E-state index is -0.472. The maximum absolute atomic E-state index is 12.5. The molecule has 1 aliphatic heterocycles. The second kappa shape index (κ2) is 8.55. The van der Waals surface area contributed by atoms with Crippen LogP contribution in [0.3, 0.4) is 0 Å². The molecule has 7 nitrogen and oxygen atoms in total. The number of ether oxygens (including phenoxy) is 1. The first-order valence-electron chi connectivity index (χ1n) is 10.2. The average Bonchev–Trinajstić information content (AvgIpc) is 3.11. The van der Waals surface area contributed by atoms with Gasteiger partial charge < -0.3 is 10.1 Å². The number of hydrogen-bond acceptors (Lipinski definition) is 5. The molecule has 7 heteroatoms. The number of nitrogens with zero attached hydrogens (tertiary/aromatic N) is 4. The maximum Gasteiger partial charge on any atom is 0.222 e. The van der Waals surface area contributed by atoms with Crippen molar-refractivity contribution in [2.24, 2.45) is 4.99 Å². The van der Waals surface area contributed by atoms with Crippen molar-refractivity contribution < 1.29 is 9.53 Å². The van der Waals surface area contributed by atoms with Crippen LogP contribution in [0.5, 0.6) is 5.75 Å². The van der Waals surface area contributed by atoms with Gasteiger partial charge in [0.1, 0.15) is 17.6 Å². The molecule has 0 bridgehead atoms. The molecule has 1 aromatic heterocycles. The molecule has 2 heterocycles. The normalized spacial score (nSPS) is 14.7. The molecule has 3 aromatic rings. The van der Waals surface area contributed by atoms with E-state index in [1.807, 2.05) is 60.9 Å². The van der Waals surface area contributed by atoms with Crippen molar-refractivity contribution in [3.8, 4) is 11.4 Å². The number of benzene rings is 2. The molecule has 2 aromatic carbocycles. The third-order valence-corrected chi connectivity index (χ3v) is 5.31. The predicted octanol–water partition coefficient (Wildman–Crippen LogP) is 3.65. The third-order valence-electron chi connectivity index (χ3n) is 5.31. The SMILES string of the molecule is C=Cc1ccc(C2=N[C@@H](CC(=O)NCC)c3nnc(C)n3-c3ccc(OC)cc32)cc1.